The molecule has 0 bridgehead atoms. The molecule has 2 aromatic carbocycles. The smallest absolute Gasteiger partial charge is 0.411 e. The van der Waals surface area contributed by atoms with Crippen LogP contribution in [0.1, 0.15) is 61.3 Å². The third-order valence-corrected chi connectivity index (χ3v) is 6.35. The molecule has 3 atom stereocenters. The molecule has 1 N–H and O–H groups in total. The average Bonchev–Trinajstić information content (AvgIpc) is 3.34. The van der Waals surface area contributed by atoms with Gasteiger partial charge in [0.1, 0.15) is 6.10 Å². The highest BCUT2D eigenvalue weighted by atomic mass is 16.6. The standard InChI is InChI=1S/C24H27NO4/c1-16-22(20-9-3-2-4-10-20)29-24(28)25(16)15-17-11-13-19(14-12-17)21(23(26)27)18-7-5-6-8-18/h2-4,9-14,16,18,21-22H,5-8,15H2,1H3,(H,26,27)/t16-,21?,22-/m1/s1. The molecule has 5 nitrogen and oxygen atoms in total. The van der Waals surface area contributed by atoms with Gasteiger partial charge < -0.3 is 9.84 Å². The molecule has 0 spiro atoms. The molecular formula is C24H27NO4. The first-order valence-corrected chi connectivity index (χ1v) is 10.4. The van der Waals surface area contributed by atoms with E-state index in [1.807, 2.05) is 61.5 Å². The Balaban J connectivity index is 1.47. The summed E-state index contributed by atoms with van der Waals surface area (Å²) in [6.07, 6.45) is 3.60. The van der Waals surface area contributed by atoms with E-state index in [1.54, 1.807) is 4.90 Å². The lowest BCUT2D eigenvalue weighted by Crippen LogP contribution is -2.31. The first-order valence-electron chi connectivity index (χ1n) is 10.4. The highest BCUT2D eigenvalue weighted by Crippen LogP contribution is 2.38. The predicted molar refractivity (Wildman–Crippen MR) is 109 cm³/mol. The molecule has 0 aromatic heterocycles. The third kappa shape index (κ3) is 4.00. The van der Waals surface area contributed by atoms with Crippen molar-refractivity contribution in [2.45, 2.75) is 57.2 Å². The molecule has 5 heteroatoms. The Morgan fingerprint density at radius 2 is 1.76 bits per heavy atom. The number of aliphatic carboxylic acids is 1. The van der Waals surface area contributed by atoms with Crippen molar-refractivity contribution in [1.29, 1.82) is 0 Å². The van der Waals surface area contributed by atoms with Crippen molar-refractivity contribution >= 4 is 12.1 Å². The minimum atomic E-state index is -0.743. The summed E-state index contributed by atoms with van der Waals surface area (Å²) >= 11 is 0. The van der Waals surface area contributed by atoms with E-state index in [0.29, 0.717) is 6.54 Å². The molecule has 152 valence electrons. The third-order valence-electron chi connectivity index (χ3n) is 6.35. The van der Waals surface area contributed by atoms with Gasteiger partial charge in [0.2, 0.25) is 0 Å². The topological polar surface area (TPSA) is 66.8 Å². The predicted octanol–water partition coefficient (Wildman–Crippen LogP) is 5.13. The lowest BCUT2D eigenvalue weighted by Gasteiger charge is -2.22. The molecule has 1 saturated heterocycles. The molecule has 2 fully saturated rings. The molecule has 1 aliphatic heterocycles. The van der Waals surface area contributed by atoms with Gasteiger partial charge >= 0.3 is 12.1 Å². The van der Waals surface area contributed by atoms with Crippen LogP contribution in [0.15, 0.2) is 54.6 Å². The second kappa shape index (κ2) is 8.27. The first kappa shape index (κ1) is 19.5. The molecule has 1 aliphatic carbocycles. The number of carboxylic acid groups (broad SMARTS) is 1. The number of cyclic esters (lactones) is 1. The Morgan fingerprint density at radius 1 is 1.10 bits per heavy atom. The molecule has 1 unspecified atom stereocenters. The van der Waals surface area contributed by atoms with Crippen molar-refractivity contribution in [3.8, 4) is 0 Å². The number of rotatable bonds is 6. The molecule has 1 saturated carbocycles. The summed E-state index contributed by atoms with van der Waals surface area (Å²) in [5, 5.41) is 9.72. The van der Waals surface area contributed by atoms with E-state index in [1.165, 1.54) is 0 Å². The van der Waals surface area contributed by atoms with Gasteiger partial charge in [-0.1, -0.05) is 67.4 Å². The van der Waals surface area contributed by atoms with Crippen LogP contribution in [0, 0.1) is 5.92 Å². The van der Waals surface area contributed by atoms with Gasteiger partial charge in [-0.2, -0.15) is 0 Å². The van der Waals surface area contributed by atoms with Crippen molar-refractivity contribution < 1.29 is 19.4 Å². The van der Waals surface area contributed by atoms with Gasteiger partial charge in [0.25, 0.3) is 0 Å². The lowest BCUT2D eigenvalue weighted by molar-refractivity contribution is -0.140. The summed E-state index contributed by atoms with van der Waals surface area (Å²) in [6.45, 7) is 2.45. The summed E-state index contributed by atoms with van der Waals surface area (Å²) in [7, 11) is 0. The second-order valence-electron chi connectivity index (χ2n) is 8.19. The quantitative estimate of drug-likeness (QED) is 0.739. The van der Waals surface area contributed by atoms with E-state index in [4.69, 9.17) is 4.74 Å². The minimum absolute atomic E-state index is 0.0742. The monoisotopic (exact) mass is 393 g/mol. The number of ether oxygens (including phenoxy) is 1. The van der Waals surface area contributed by atoms with Gasteiger partial charge in [0.15, 0.2) is 0 Å². The molecule has 1 amide bonds. The van der Waals surface area contributed by atoms with E-state index in [9.17, 15) is 14.7 Å². The first-order chi connectivity index (χ1) is 14.0. The van der Waals surface area contributed by atoms with Crippen molar-refractivity contribution in [2.75, 3.05) is 0 Å². The number of carbonyl (C=O) groups excluding carboxylic acids is 1. The maximum Gasteiger partial charge on any atom is 0.411 e. The Labute approximate surface area is 171 Å². The van der Waals surface area contributed by atoms with E-state index < -0.39 is 11.9 Å². The molecule has 29 heavy (non-hydrogen) atoms. The van der Waals surface area contributed by atoms with Crippen LogP contribution in [0.4, 0.5) is 4.79 Å². The number of amides is 1. The van der Waals surface area contributed by atoms with Gasteiger partial charge in [0.05, 0.1) is 12.0 Å². The normalized spacial score (nSPS) is 23.2. The zero-order chi connectivity index (χ0) is 20.4. The molecule has 4 rings (SSSR count). The Morgan fingerprint density at radius 3 is 2.38 bits per heavy atom. The Bertz CT molecular complexity index is 858. The highest BCUT2D eigenvalue weighted by Gasteiger charge is 2.39. The van der Waals surface area contributed by atoms with E-state index in [2.05, 4.69) is 0 Å². The van der Waals surface area contributed by atoms with Gasteiger partial charge in [-0.05, 0) is 42.4 Å². The fraction of sp³-hybridized carbons (Fsp3) is 0.417. The molecule has 2 aromatic rings. The van der Waals surface area contributed by atoms with Gasteiger partial charge in [0, 0.05) is 6.54 Å². The zero-order valence-corrected chi connectivity index (χ0v) is 16.7. The van der Waals surface area contributed by atoms with Gasteiger partial charge in [-0.25, -0.2) is 4.79 Å². The molecule has 2 aliphatic rings. The van der Waals surface area contributed by atoms with Crippen molar-refractivity contribution in [1.82, 2.24) is 4.90 Å². The fourth-order valence-electron chi connectivity index (χ4n) is 4.74. The van der Waals surface area contributed by atoms with Crippen molar-refractivity contribution in [2.24, 2.45) is 5.92 Å². The van der Waals surface area contributed by atoms with Crippen LogP contribution in [0.2, 0.25) is 0 Å². The summed E-state index contributed by atoms with van der Waals surface area (Å²) in [4.78, 5) is 26.0. The maximum absolute atomic E-state index is 12.4. The van der Waals surface area contributed by atoms with Crippen LogP contribution in [0.25, 0.3) is 0 Å². The number of carbonyl (C=O) groups is 2. The largest absolute Gasteiger partial charge is 0.481 e. The molecular weight excluding hydrogens is 366 g/mol. The van der Waals surface area contributed by atoms with Crippen molar-refractivity contribution in [3.63, 3.8) is 0 Å². The lowest BCUT2D eigenvalue weighted by atomic mass is 9.84. The summed E-state index contributed by atoms with van der Waals surface area (Å²) in [6, 6.07) is 17.4. The van der Waals surface area contributed by atoms with Gasteiger partial charge in [-0.3, -0.25) is 9.69 Å². The maximum atomic E-state index is 12.4. The summed E-state index contributed by atoms with van der Waals surface area (Å²) in [5.74, 6) is -0.963. The Hall–Kier alpha value is -2.82. The van der Waals surface area contributed by atoms with E-state index in [-0.39, 0.29) is 24.2 Å². The van der Waals surface area contributed by atoms with Crippen LogP contribution < -0.4 is 0 Å². The number of carboxylic acids is 1. The fourth-order valence-corrected chi connectivity index (χ4v) is 4.74. The molecule has 0 radical (unpaired) electrons. The molecule has 1 heterocycles. The summed E-state index contributed by atoms with van der Waals surface area (Å²) in [5.41, 5.74) is 2.82. The van der Waals surface area contributed by atoms with Crippen LogP contribution >= 0.6 is 0 Å². The number of nitrogens with zero attached hydrogens (tertiary/aromatic N) is 1. The number of hydrogen-bond donors (Lipinski definition) is 1. The summed E-state index contributed by atoms with van der Waals surface area (Å²) < 4.78 is 5.61. The van der Waals surface area contributed by atoms with Crippen LogP contribution in [-0.4, -0.2) is 28.1 Å². The zero-order valence-electron chi connectivity index (χ0n) is 16.7. The SMILES string of the molecule is C[C@@H]1[C@H](c2ccccc2)OC(=O)N1Cc1ccc(C(C(=O)O)C2CCCC2)cc1. The number of benzene rings is 2. The van der Waals surface area contributed by atoms with Crippen LogP contribution in [0.3, 0.4) is 0 Å². The van der Waals surface area contributed by atoms with E-state index in [0.717, 1.165) is 42.4 Å². The van der Waals surface area contributed by atoms with Gasteiger partial charge in [-0.15, -0.1) is 0 Å². The second-order valence-corrected chi connectivity index (χ2v) is 8.19. The van der Waals surface area contributed by atoms with Crippen LogP contribution in [-0.2, 0) is 16.1 Å². The Kier molecular flexibility index (Phi) is 5.56. The number of hydrogen-bond acceptors (Lipinski definition) is 3. The van der Waals surface area contributed by atoms with Crippen LogP contribution in [0.5, 0.6) is 0 Å². The average molecular weight is 393 g/mol. The van der Waals surface area contributed by atoms with E-state index >= 15 is 0 Å². The van der Waals surface area contributed by atoms with Crippen molar-refractivity contribution in [3.05, 3.63) is 71.3 Å². The minimum Gasteiger partial charge on any atom is -0.481 e. The highest BCUT2D eigenvalue weighted by molar-refractivity contribution is 5.76.